The zero-order valence-electron chi connectivity index (χ0n) is 11.3. The summed E-state index contributed by atoms with van der Waals surface area (Å²) in [7, 11) is 0. The minimum absolute atomic E-state index is 0.00982. The van der Waals surface area contributed by atoms with Crippen molar-refractivity contribution in [3.8, 4) is 0 Å². The fourth-order valence-corrected chi connectivity index (χ4v) is 3.23. The number of aromatic nitrogens is 2. The Hall–Kier alpha value is -0.870. The molecule has 1 fully saturated rings. The van der Waals surface area contributed by atoms with Crippen molar-refractivity contribution in [1.82, 2.24) is 9.55 Å². The van der Waals surface area contributed by atoms with Gasteiger partial charge in [-0.15, -0.1) is 0 Å². The van der Waals surface area contributed by atoms with Crippen LogP contribution in [0.25, 0.3) is 11.0 Å². The van der Waals surface area contributed by atoms with E-state index in [-0.39, 0.29) is 5.54 Å². The summed E-state index contributed by atoms with van der Waals surface area (Å²) in [4.78, 5) is 4.81. The van der Waals surface area contributed by atoms with Gasteiger partial charge in [0.05, 0.1) is 11.0 Å². The predicted molar refractivity (Wildman–Crippen MR) is 82.2 cm³/mol. The monoisotopic (exact) mass is 321 g/mol. The fraction of sp³-hybridized carbons (Fsp3) is 0.533. The first kappa shape index (κ1) is 13.1. The molecule has 0 saturated heterocycles. The number of hydrogen-bond donors (Lipinski definition) is 1. The Morgan fingerprint density at radius 3 is 2.84 bits per heavy atom. The van der Waals surface area contributed by atoms with Crippen LogP contribution in [0.1, 0.15) is 38.4 Å². The molecule has 0 bridgehead atoms. The van der Waals surface area contributed by atoms with Crippen LogP contribution in [0.4, 0.5) is 0 Å². The van der Waals surface area contributed by atoms with E-state index in [0.717, 1.165) is 48.0 Å². The van der Waals surface area contributed by atoms with Gasteiger partial charge >= 0.3 is 0 Å². The molecular weight excluding hydrogens is 302 g/mol. The van der Waals surface area contributed by atoms with Crippen molar-refractivity contribution < 1.29 is 0 Å². The molecule has 1 aromatic carbocycles. The Bertz CT molecular complexity index is 599. The number of halogens is 1. The van der Waals surface area contributed by atoms with Gasteiger partial charge in [-0.25, -0.2) is 4.98 Å². The molecule has 0 unspecified atom stereocenters. The summed E-state index contributed by atoms with van der Waals surface area (Å²) in [6.45, 7) is 3.22. The molecule has 0 spiro atoms. The van der Waals surface area contributed by atoms with Gasteiger partial charge in [-0.05, 0) is 43.9 Å². The van der Waals surface area contributed by atoms with Crippen molar-refractivity contribution in [2.24, 2.45) is 5.73 Å². The largest absolute Gasteiger partial charge is 0.328 e. The second-order valence-electron chi connectivity index (χ2n) is 5.71. The van der Waals surface area contributed by atoms with E-state index in [4.69, 9.17) is 10.7 Å². The molecule has 3 nitrogen and oxygen atoms in total. The first-order chi connectivity index (χ1) is 9.11. The number of hydrogen-bond acceptors (Lipinski definition) is 2. The molecule has 1 saturated carbocycles. The number of fused-ring (bicyclic) bond motifs is 1. The highest BCUT2D eigenvalue weighted by molar-refractivity contribution is 9.10. The number of rotatable bonds is 4. The summed E-state index contributed by atoms with van der Waals surface area (Å²) in [5, 5.41) is 0. The lowest BCUT2D eigenvalue weighted by atomic mass is 9.75. The van der Waals surface area contributed by atoms with Crippen LogP contribution in [-0.2, 0) is 13.0 Å². The zero-order valence-corrected chi connectivity index (χ0v) is 12.9. The Kier molecular flexibility index (Phi) is 3.39. The molecule has 4 heteroatoms. The van der Waals surface area contributed by atoms with Gasteiger partial charge in [0.15, 0.2) is 0 Å². The minimum Gasteiger partial charge on any atom is -0.328 e. The predicted octanol–water partition coefficient (Wildman–Crippen LogP) is 3.63. The lowest BCUT2D eigenvalue weighted by Crippen LogP contribution is -2.48. The molecule has 102 valence electrons. The summed E-state index contributed by atoms with van der Waals surface area (Å²) in [6, 6.07) is 6.33. The maximum Gasteiger partial charge on any atom is 0.111 e. The van der Waals surface area contributed by atoms with E-state index < -0.39 is 0 Å². The highest BCUT2D eigenvalue weighted by Crippen LogP contribution is 2.33. The molecule has 0 aliphatic heterocycles. The number of nitrogens with zero attached hydrogens (tertiary/aromatic N) is 2. The zero-order chi connectivity index (χ0) is 13.5. The van der Waals surface area contributed by atoms with Crippen LogP contribution in [0.3, 0.4) is 0 Å². The number of aryl methyl sites for hydroxylation is 1. The molecule has 1 aromatic heterocycles. The van der Waals surface area contributed by atoms with E-state index >= 15 is 0 Å². The van der Waals surface area contributed by atoms with Crippen LogP contribution in [0.5, 0.6) is 0 Å². The Morgan fingerprint density at radius 2 is 2.21 bits per heavy atom. The molecule has 19 heavy (non-hydrogen) atoms. The molecule has 1 aliphatic carbocycles. The maximum atomic E-state index is 6.39. The Morgan fingerprint density at radius 1 is 1.42 bits per heavy atom. The third-order valence-corrected chi connectivity index (χ3v) is 4.59. The Balaban J connectivity index is 2.03. The van der Waals surface area contributed by atoms with Gasteiger partial charge in [-0.2, -0.15) is 0 Å². The molecule has 3 rings (SSSR count). The van der Waals surface area contributed by atoms with Crippen LogP contribution in [0.15, 0.2) is 22.7 Å². The first-order valence-corrected chi connectivity index (χ1v) is 7.84. The standard InChI is InChI=1S/C15H20BrN3/c1-2-8-19-13-5-4-11(16)9-12(13)18-14(19)10-15(17)6-3-7-15/h4-5,9H,2-3,6-8,10,17H2,1H3. The lowest BCUT2D eigenvalue weighted by molar-refractivity contribution is 0.241. The topological polar surface area (TPSA) is 43.8 Å². The third-order valence-electron chi connectivity index (χ3n) is 4.10. The van der Waals surface area contributed by atoms with Gasteiger partial charge in [-0.3, -0.25) is 0 Å². The van der Waals surface area contributed by atoms with Crippen molar-refractivity contribution in [3.63, 3.8) is 0 Å². The molecule has 0 atom stereocenters. The van der Waals surface area contributed by atoms with Crippen molar-refractivity contribution >= 4 is 27.0 Å². The molecule has 0 amide bonds. The summed E-state index contributed by atoms with van der Waals surface area (Å²) in [5.74, 6) is 1.15. The van der Waals surface area contributed by atoms with Gasteiger partial charge in [0.1, 0.15) is 5.82 Å². The molecular formula is C15H20BrN3. The van der Waals surface area contributed by atoms with Crippen molar-refractivity contribution in [3.05, 3.63) is 28.5 Å². The van der Waals surface area contributed by atoms with E-state index in [1.165, 1.54) is 11.9 Å². The fourth-order valence-electron chi connectivity index (χ4n) is 2.88. The molecule has 2 aromatic rings. The number of imidazole rings is 1. The van der Waals surface area contributed by atoms with Crippen LogP contribution < -0.4 is 5.73 Å². The average Bonchev–Trinajstić information content (AvgIpc) is 2.65. The first-order valence-electron chi connectivity index (χ1n) is 7.05. The molecule has 1 heterocycles. The SMILES string of the molecule is CCCn1c(CC2(N)CCC2)nc2cc(Br)ccc21. The smallest absolute Gasteiger partial charge is 0.111 e. The minimum atomic E-state index is -0.00982. The normalized spacial score (nSPS) is 17.6. The van der Waals surface area contributed by atoms with E-state index in [9.17, 15) is 0 Å². The van der Waals surface area contributed by atoms with Gasteiger partial charge < -0.3 is 10.3 Å². The van der Waals surface area contributed by atoms with E-state index in [1.807, 2.05) is 0 Å². The maximum absolute atomic E-state index is 6.39. The molecule has 1 aliphatic rings. The summed E-state index contributed by atoms with van der Waals surface area (Å²) in [5.41, 5.74) is 8.67. The summed E-state index contributed by atoms with van der Waals surface area (Å²) in [6.07, 6.45) is 5.54. The second-order valence-corrected chi connectivity index (χ2v) is 6.62. The van der Waals surface area contributed by atoms with Crippen LogP contribution in [0, 0.1) is 0 Å². The molecule has 2 N–H and O–H groups in total. The van der Waals surface area contributed by atoms with Gasteiger partial charge in [0.25, 0.3) is 0 Å². The summed E-state index contributed by atoms with van der Waals surface area (Å²) >= 11 is 3.52. The number of nitrogens with two attached hydrogens (primary N) is 1. The lowest BCUT2D eigenvalue weighted by Gasteiger charge is -2.37. The highest BCUT2D eigenvalue weighted by Gasteiger charge is 2.34. The van der Waals surface area contributed by atoms with E-state index in [0.29, 0.717) is 0 Å². The van der Waals surface area contributed by atoms with Crippen molar-refractivity contribution in [1.29, 1.82) is 0 Å². The highest BCUT2D eigenvalue weighted by atomic mass is 79.9. The number of benzene rings is 1. The van der Waals surface area contributed by atoms with E-state index in [2.05, 4.69) is 45.6 Å². The van der Waals surface area contributed by atoms with Crippen LogP contribution in [-0.4, -0.2) is 15.1 Å². The van der Waals surface area contributed by atoms with Crippen LogP contribution >= 0.6 is 15.9 Å². The third kappa shape index (κ3) is 2.43. The van der Waals surface area contributed by atoms with Gasteiger partial charge in [0, 0.05) is 23.0 Å². The van der Waals surface area contributed by atoms with Crippen molar-refractivity contribution in [2.45, 2.75) is 51.1 Å². The van der Waals surface area contributed by atoms with Crippen molar-refractivity contribution in [2.75, 3.05) is 0 Å². The van der Waals surface area contributed by atoms with Gasteiger partial charge in [0.2, 0.25) is 0 Å². The second kappa shape index (κ2) is 4.91. The van der Waals surface area contributed by atoms with E-state index in [1.54, 1.807) is 0 Å². The van der Waals surface area contributed by atoms with Gasteiger partial charge in [-0.1, -0.05) is 22.9 Å². The molecule has 0 radical (unpaired) electrons. The average molecular weight is 322 g/mol. The van der Waals surface area contributed by atoms with Crippen LogP contribution in [0.2, 0.25) is 0 Å². The Labute approximate surface area is 122 Å². The summed E-state index contributed by atoms with van der Waals surface area (Å²) < 4.78 is 3.42. The quantitative estimate of drug-likeness (QED) is 0.934.